The molecule has 0 amide bonds. The molecule has 2 heteroatoms. The smallest absolute Gasteiger partial charge is 0.0254 e. The Morgan fingerprint density at radius 1 is 1.22 bits per heavy atom. The fourth-order valence-electron chi connectivity index (χ4n) is 3.36. The second-order valence-electron chi connectivity index (χ2n) is 6.71. The van der Waals surface area contributed by atoms with Gasteiger partial charge in [-0.3, -0.25) is 4.90 Å². The van der Waals surface area contributed by atoms with Crippen molar-refractivity contribution in [3.8, 4) is 0 Å². The summed E-state index contributed by atoms with van der Waals surface area (Å²) in [6, 6.07) is 1.38. The normalized spacial score (nSPS) is 29.8. The van der Waals surface area contributed by atoms with Gasteiger partial charge in [0.15, 0.2) is 0 Å². The third kappa shape index (κ3) is 3.71. The number of hydrogen-bond donors (Lipinski definition) is 1. The maximum atomic E-state index is 3.55. The average molecular weight is 254 g/mol. The van der Waals surface area contributed by atoms with Gasteiger partial charge >= 0.3 is 0 Å². The number of rotatable bonds is 6. The SMILES string of the molecule is CCCC1CCC(NC)C(N(C)C(C)(C)CC)C1. The third-order valence-electron chi connectivity index (χ3n) is 5.31. The average Bonchev–Trinajstić information content (AvgIpc) is 2.38. The second kappa shape index (κ2) is 6.91. The molecule has 2 nitrogen and oxygen atoms in total. The van der Waals surface area contributed by atoms with E-state index in [0.29, 0.717) is 17.6 Å². The molecule has 0 aromatic carbocycles. The van der Waals surface area contributed by atoms with E-state index in [1.165, 1.54) is 38.5 Å². The largest absolute Gasteiger partial charge is 0.315 e. The molecule has 0 aliphatic heterocycles. The molecule has 0 radical (unpaired) electrons. The Labute approximate surface area is 115 Å². The van der Waals surface area contributed by atoms with Crippen molar-refractivity contribution < 1.29 is 0 Å². The molecule has 1 rings (SSSR count). The Kier molecular flexibility index (Phi) is 6.13. The topological polar surface area (TPSA) is 15.3 Å². The monoisotopic (exact) mass is 254 g/mol. The number of hydrogen-bond acceptors (Lipinski definition) is 2. The fraction of sp³-hybridized carbons (Fsp3) is 1.00. The lowest BCUT2D eigenvalue weighted by Gasteiger charge is -2.47. The Balaban J connectivity index is 2.73. The highest BCUT2D eigenvalue weighted by atomic mass is 15.2. The summed E-state index contributed by atoms with van der Waals surface area (Å²) in [5, 5.41) is 3.55. The quantitative estimate of drug-likeness (QED) is 0.778. The van der Waals surface area contributed by atoms with Gasteiger partial charge in [-0.2, -0.15) is 0 Å². The Bertz CT molecular complexity index is 237. The minimum Gasteiger partial charge on any atom is -0.315 e. The van der Waals surface area contributed by atoms with E-state index in [1.807, 2.05) is 0 Å². The minimum atomic E-state index is 0.313. The van der Waals surface area contributed by atoms with Crippen LogP contribution in [0.2, 0.25) is 0 Å². The molecular formula is C16H34N2. The summed E-state index contributed by atoms with van der Waals surface area (Å²) in [4.78, 5) is 2.63. The predicted octanol–water partition coefficient (Wildman–Crippen LogP) is 3.66. The van der Waals surface area contributed by atoms with Crippen LogP contribution in [0.1, 0.15) is 66.2 Å². The molecule has 0 aromatic rings. The van der Waals surface area contributed by atoms with Crippen LogP contribution in [0.5, 0.6) is 0 Å². The van der Waals surface area contributed by atoms with Crippen molar-refractivity contribution in [1.82, 2.24) is 10.2 Å². The lowest BCUT2D eigenvalue weighted by Crippen LogP contribution is -2.57. The summed E-state index contributed by atoms with van der Waals surface area (Å²) in [5.74, 6) is 0.944. The third-order valence-corrected chi connectivity index (χ3v) is 5.31. The highest BCUT2D eigenvalue weighted by Gasteiger charge is 2.36. The van der Waals surface area contributed by atoms with Crippen LogP contribution in [-0.2, 0) is 0 Å². The number of nitrogens with one attached hydrogen (secondary N) is 1. The summed E-state index contributed by atoms with van der Waals surface area (Å²) in [7, 11) is 4.46. The first kappa shape index (κ1) is 16.0. The van der Waals surface area contributed by atoms with E-state index in [4.69, 9.17) is 0 Å². The highest BCUT2D eigenvalue weighted by Crippen LogP contribution is 2.33. The maximum Gasteiger partial charge on any atom is 0.0254 e. The van der Waals surface area contributed by atoms with Crippen molar-refractivity contribution in [2.75, 3.05) is 14.1 Å². The zero-order valence-corrected chi connectivity index (χ0v) is 13.4. The summed E-state index contributed by atoms with van der Waals surface area (Å²) in [6.07, 6.45) is 8.09. The molecule has 1 aliphatic rings. The fourth-order valence-corrected chi connectivity index (χ4v) is 3.36. The molecule has 1 saturated carbocycles. The predicted molar refractivity (Wildman–Crippen MR) is 81.0 cm³/mol. The first-order chi connectivity index (χ1) is 8.46. The summed E-state index contributed by atoms with van der Waals surface area (Å²) in [6.45, 7) is 9.38. The van der Waals surface area contributed by atoms with Crippen molar-refractivity contribution in [3.05, 3.63) is 0 Å². The van der Waals surface area contributed by atoms with Gasteiger partial charge in [-0.05, 0) is 59.5 Å². The van der Waals surface area contributed by atoms with Crippen LogP contribution in [0.4, 0.5) is 0 Å². The molecule has 1 aliphatic carbocycles. The second-order valence-corrected chi connectivity index (χ2v) is 6.71. The van der Waals surface area contributed by atoms with Crippen LogP contribution in [0.15, 0.2) is 0 Å². The summed E-state index contributed by atoms with van der Waals surface area (Å²) >= 11 is 0. The van der Waals surface area contributed by atoms with Gasteiger partial charge in [0, 0.05) is 17.6 Å². The first-order valence-electron chi connectivity index (χ1n) is 7.86. The van der Waals surface area contributed by atoms with E-state index in [-0.39, 0.29) is 0 Å². The van der Waals surface area contributed by atoms with Crippen LogP contribution in [0.25, 0.3) is 0 Å². The van der Waals surface area contributed by atoms with E-state index in [2.05, 4.69) is 52.0 Å². The van der Waals surface area contributed by atoms with Gasteiger partial charge in [0.2, 0.25) is 0 Å². The maximum absolute atomic E-state index is 3.55. The van der Waals surface area contributed by atoms with Crippen LogP contribution in [-0.4, -0.2) is 36.6 Å². The molecule has 0 saturated heterocycles. The van der Waals surface area contributed by atoms with Crippen molar-refractivity contribution in [2.45, 2.75) is 83.8 Å². The lowest BCUT2D eigenvalue weighted by atomic mass is 9.78. The highest BCUT2D eigenvalue weighted by molar-refractivity contribution is 4.94. The molecule has 3 unspecified atom stereocenters. The van der Waals surface area contributed by atoms with Crippen LogP contribution >= 0.6 is 0 Å². The van der Waals surface area contributed by atoms with E-state index in [0.717, 1.165) is 5.92 Å². The lowest BCUT2D eigenvalue weighted by molar-refractivity contribution is 0.0392. The van der Waals surface area contributed by atoms with Gasteiger partial charge in [0.1, 0.15) is 0 Å². The van der Waals surface area contributed by atoms with Crippen molar-refractivity contribution in [1.29, 1.82) is 0 Å². The zero-order valence-electron chi connectivity index (χ0n) is 13.4. The minimum absolute atomic E-state index is 0.313. The molecule has 0 aromatic heterocycles. The molecule has 0 bridgehead atoms. The van der Waals surface area contributed by atoms with Gasteiger partial charge in [0.25, 0.3) is 0 Å². The molecule has 18 heavy (non-hydrogen) atoms. The first-order valence-corrected chi connectivity index (χ1v) is 7.86. The number of likely N-dealkylation sites (N-methyl/N-ethyl adjacent to an activating group) is 2. The van der Waals surface area contributed by atoms with Gasteiger partial charge in [-0.25, -0.2) is 0 Å². The molecule has 0 spiro atoms. The van der Waals surface area contributed by atoms with E-state index in [1.54, 1.807) is 0 Å². The van der Waals surface area contributed by atoms with Crippen LogP contribution in [0, 0.1) is 5.92 Å². The summed E-state index contributed by atoms with van der Waals surface area (Å²) in [5.41, 5.74) is 0.313. The summed E-state index contributed by atoms with van der Waals surface area (Å²) < 4.78 is 0. The Morgan fingerprint density at radius 3 is 2.39 bits per heavy atom. The zero-order chi connectivity index (χ0) is 13.8. The Morgan fingerprint density at radius 2 is 1.89 bits per heavy atom. The van der Waals surface area contributed by atoms with Gasteiger partial charge in [-0.1, -0.05) is 26.7 Å². The van der Waals surface area contributed by atoms with E-state index >= 15 is 0 Å². The molecule has 0 heterocycles. The molecule has 108 valence electrons. The van der Waals surface area contributed by atoms with E-state index in [9.17, 15) is 0 Å². The van der Waals surface area contributed by atoms with Crippen LogP contribution in [0.3, 0.4) is 0 Å². The van der Waals surface area contributed by atoms with Gasteiger partial charge in [-0.15, -0.1) is 0 Å². The van der Waals surface area contributed by atoms with Crippen molar-refractivity contribution in [3.63, 3.8) is 0 Å². The number of nitrogens with zero attached hydrogens (tertiary/aromatic N) is 1. The molecule has 1 fully saturated rings. The molecule has 1 N–H and O–H groups in total. The van der Waals surface area contributed by atoms with Crippen LogP contribution < -0.4 is 5.32 Å². The van der Waals surface area contributed by atoms with Gasteiger partial charge < -0.3 is 5.32 Å². The van der Waals surface area contributed by atoms with Crippen molar-refractivity contribution in [2.24, 2.45) is 5.92 Å². The van der Waals surface area contributed by atoms with Crippen molar-refractivity contribution >= 4 is 0 Å². The van der Waals surface area contributed by atoms with E-state index < -0.39 is 0 Å². The van der Waals surface area contributed by atoms with Gasteiger partial charge in [0.05, 0.1) is 0 Å². The standard InChI is InChI=1S/C16H34N2/c1-7-9-13-10-11-14(17-5)15(12-13)18(6)16(3,4)8-2/h13-15,17H,7-12H2,1-6H3. The Hall–Kier alpha value is -0.0800. The molecule has 3 atom stereocenters. The molecular weight excluding hydrogens is 220 g/mol.